The van der Waals surface area contributed by atoms with E-state index >= 15 is 0 Å². The number of aliphatic hydroxyl groups excluding tert-OH is 2. The third-order valence-electron chi connectivity index (χ3n) is 2.42. The molecule has 0 bridgehead atoms. The van der Waals surface area contributed by atoms with Gasteiger partial charge in [0.15, 0.2) is 0 Å². The van der Waals surface area contributed by atoms with E-state index in [1.54, 1.807) is 6.92 Å². The van der Waals surface area contributed by atoms with Gasteiger partial charge < -0.3 is 14.9 Å². The van der Waals surface area contributed by atoms with Crippen LogP contribution < -0.4 is 0 Å². The minimum atomic E-state index is -1.22. The highest BCUT2D eigenvalue weighted by Crippen LogP contribution is 2.13. The number of esters is 1. The lowest BCUT2D eigenvalue weighted by Gasteiger charge is -2.20. The Kier molecular flexibility index (Phi) is 4.23. The monoisotopic (exact) mass is 216 g/mol. The Bertz CT molecular complexity index is 250. The van der Waals surface area contributed by atoms with Crippen molar-refractivity contribution in [1.82, 2.24) is 0 Å². The van der Waals surface area contributed by atoms with Gasteiger partial charge in [-0.1, -0.05) is 0 Å². The summed E-state index contributed by atoms with van der Waals surface area (Å²) in [6.07, 6.45) is -2.33. The van der Waals surface area contributed by atoms with Crippen LogP contribution in [0.3, 0.4) is 0 Å². The number of hydrogen-bond donors (Lipinski definition) is 2. The van der Waals surface area contributed by atoms with E-state index in [1.165, 1.54) is 0 Å². The summed E-state index contributed by atoms with van der Waals surface area (Å²) in [5.74, 6) is -0.658. The Labute approximate surface area is 88.0 Å². The summed E-state index contributed by atoms with van der Waals surface area (Å²) in [5.41, 5.74) is 0. The number of carbonyl (C=O) groups is 2. The average molecular weight is 216 g/mol. The lowest BCUT2D eigenvalue weighted by atomic mass is 10.0. The molecule has 1 aliphatic rings. The maximum Gasteiger partial charge on any atom is 0.308 e. The quantitative estimate of drug-likeness (QED) is 0.547. The number of ketones is 1. The van der Waals surface area contributed by atoms with Crippen molar-refractivity contribution in [3.05, 3.63) is 0 Å². The van der Waals surface area contributed by atoms with Crippen molar-refractivity contribution >= 4 is 11.8 Å². The predicted molar refractivity (Wildman–Crippen MR) is 51.0 cm³/mol. The van der Waals surface area contributed by atoms with Crippen LogP contribution in [0.4, 0.5) is 0 Å². The molecule has 1 heterocycles. The summed E-state index contributed by atoms with van der Waals surface area (Å²) in [6, 6.07) is 0. The lowest BCUT2D eigenvalue weighted by Crippen LogP contribution is -2.33. The van der Waals surface area contributed by atoms with Crippen molar-refractivity contribution in [3.8, 4) is 0 Å². The third kappa shape index (κ3) is 3.97. The summed E-state index contributed by atoms with van der Waals surface area (Å²) in [4.78, 5) is 22.4. The number of carbonyl (C=O) groups excluding carboxylic acids is 2. The van der Waals surface area contributed by atoms with Gasteiger partial charge in [0.2, 0.25) is 0 Å². The van der Waals surface area contributed by atoms with Crippen LogP contribution in [0.15, 0.2) is 0 Å². The van der Waals surface area contributed by atoms with E-state index in [2.05, 4.69) is 0 Å². The van der Waals surface area contributed by atoms with Crippen LogP contribution in [-0.2, 0) is 14.3 Å². The van der Waals surface area contributed by atoms with Gasteiger partial charge in [0.1, 0.15) is 5.78 Å². The van der Waals surface area contributed by atoms with Gasteiger partial charge in [-0.05, 0) is 13.3 Å². The van der Waals surface area contributed by atoms with Crippen molar-refractivity contribution in [1.29, 1.82) is 0 Å². The Morgan fingerprint density at radius 1 is 1.20 bits per heavy atom. The van der Waals surface area contributed by atoms with E-state index < -0.39 is 18.2 Å². The van der Waals surface area contributed by atoms with Crippen molar-refractivity contribution in [2.45, 2.75) is 50.9 Å². The van der Waals surface area contributed by atoms with Gasteiger partial charge in [0.05, 0.1) is 24.7 Å². The number of rotatable bonds is 0. The highest BCUT2D eigenvalue weighted by molar-refractivity contribution is 5.79. The van der Waals surface area contributed by atoms with Crippen molar-refractivity contribution in [2.75, 3.05) is 0 Å². The molecule has 0 unspecified atom stereocenters. The van der Waals surface area contributed by atoms with Gasteiger partial charge in [-0.3, -0.25) is 9.59 Å². The normalized spacial score (nSPS) is 34.7. The van der Waals surface area contributed by atoms with Crippen molar-refractivity contribution in [3.63, 3.8) is 0 Å². The van der Waals surface area contributed by atoms with E-state index in [1.807, 2.05) is 0 Å². The summed E-state index contributed by atoms with van der Waals surface area (Å²) < 4.78 is 4.93. The first kappa shape index (κ1) is 12.1. The first-order valence-corrected chi connectivity index (χ1v) is 5.06. The Balaban J connectivity index is 2.63. The molecule has 0 amide bonds. The van der Waals surface area contributed by atoms with E-state index in [9.17, 15) is 19.8 Å². The van der Waals surface area contributed by atoms with Crippen LogP contribution in [0, 0.1) is 0 Å². The minimum Gasteiger partial charge on any atom is -0.463 e. The molecule has 0 aromatic carbocycles. The van der Waals surface area contributed by atoms with E-state index in [0.29, 0.717) is 6.42 Å². The second kappa shape index (κ2) is 5.23. The predicted octanol–water partition coefficient (Wildman–Crippen LogP) is -0.217. The van der Waals surface area contributed by atoms with Gasteiger partial charge in [0.25, 0.3) is 0 Å². The second-order valence-corrected chi connectivity index (χ2v) is 3.92. The molecular weight excluding hydrogens is 200 g/mol. The molecule has 0 spiro atoms. The van der Waals surface area contributed by atoms with E-state index in [0.717, 1.165) is 0 Å². The van der Waals surface area contributed by atoms with Crippen LogP contribution in [0.25, 0.3) is 0 Å². The maximum absolute atomic E-state index is 11.3. The van der Waals surface area contributed by atoms with E-state index in [4.69, 9.17) is 4.74 Å². The number of aliphatic hydroxyl groups is 2. The molecule has 3 atom stereocenters. The fraction of sp³-hybridized carbons (Fsp3) is 0.800. The molecule has 15 heavy (non-hydrogen) atoms. The van der Waals surface area contributed by atoms with Gasteiger partial charge >= 0.3 is 5.97 Å². The summed E-state index contributed by atoms with van der Waals surface area (Å²) in [5, 5.41) is 18.7. The summed E-state index contributed by atoms with van der Waals surface area (Å²) in [6.45, 7) is 1.70. The molecule has 0 aromatic rings. The molecule has 5 nitrogen and oxygen atoms in total. The molecule has 1 rings (SSSR count). The zero-order valence-corrected chi connectivity index (χ0v) is 8.68. The SMILES string of the molecule is C[C@@H]1CCC(=O)C[C@@H](O)[C@@H](O)CC(=O)O1. The molecule has 1 saturated heterocycles. The lowest BCUT2D eigenvalue weighted by molar-refractivity contribution is -0.154. The van der Waals surface area contributed by atoms with Crippen LogP contribution in [0.1, 0.15) is 32.6 Å². The molecule has 1 fully saturated rings. The van der Waals surface area contributed by atoms with Gasteiger partial charge in [-0.15, -0.1) is 0 Å². The molecule has 0 aliphatic carbocycles. The molecule has 0 saturated carbocycles. The molecule has 5 heteroatoms. The molecule has 0 aromatic heterocycles. The summed E-state index contributed by atoms with van der Waals surface area (Å²) >= 11 is 0. The fourth-order valence-electron chi connectivity index (χ4n) is 1.47. The van der Waals surface area contributed by atoms with Gasteiger partial charge in [-0.2, -0.15) is 0 Å². The smallest absolute Gasteiger partial charge is 0.308 e. The third-order valence-corrected chi connectivity index (χ3v) is 2.42. The van der Waals surface area contributed by atoms with Crippen molar-refractivity contribution < 1.29 is 24.5 Å². The number of ether oxygens (including phenoxy) is 1. The number of Topliss-reactive ketones (excluding diaryl/α,β-unsaturated/α-hetero) is 1. The number of cyclic esters (lactones) is 1. The van der Waals surface area contributed by atoms with Crippen LogP contribution >= 0.6 is 0 Å². The first-order chi connectivity index (χ1) is 6.99. The second-order valence-electron chi connectivity index (χ2n) is 3.92. The highest BCUT2D eigenvalue weighted by atomic mass is 16.5. The summed E-state index contributed by atoms with van der Waals surface area (Å²) in [7, 11) is 0. The first-order valence-electron chi connectivity index (χ1n) is 5.06. The van der Waals surface area contributed by atoms with Gasteiger partial charge in [0, 0.05) is 12.8 Å². The highest BCUT2D eigenvalue weighted by Gasteiger charge is 2.25. The minimum absolute atomic E-state index is 0.0961. The molecule has 86 valence electrons. The Morgan fingerprint density at radius 2 is 1.80 bits per heavy atom. The molecule has 2 N–H and O–H groups in total. The fourth-order valence-corrected chi connectivity index (χ4v) is 1.47. The van der Waals surface area contributed by atoms with Crippen molar-refractivity contribution in [2.24, 2.45) is 0 Å². The Morgan fingerprint density at radius 3 is 2.47 bits per heavy atom. The molecule has 1 aliphatic heterocycles. The maximum atomic E-state index is 11.3. The zero-order chi connectivity index (χ0) is 11.4. The van der Waals surface area contributed by atoms with E-state index in [-0.39, 0.29) is 31.1 Å². The largest absolute Gasteiger partial charge is 0.463 e. The standard InChI is InChI=1S/C10H16O5/c1-6-2-3-7(11)4-8(12)9(13)5-10(14)15-6/h6,8-9,12-13H,2-5H2,1H3/t6-,8-,9+/m1/s1. The van der Waals surface area contributed by atoms with Crippen LogP contribution in [-0.4, -0.2) is 40.3 Å². The van der Waals surface area contributed by atoms with Crippen LogP contribution in [0.2, 0.25) is 0 Å². The zero-order valence-electron chi connectivity index (χ0n) is 8.68. The topological polar surface area (TPSA) is 83.8 Å². The Hall–Kier alpha value is -0.940. The number of hydrogen-bond acceptors (Lipinski definition) is 5. The van der Waals surface area contributed by atoms with Gasteiger partial charge in [-0.25, -0.2) is 0 Å². The molecular formula is C10H16O5. The van der Waals surface area contributed by atoms with Crippen LogP contribution in [0.5, 0.6) is 0 Å². The molecule has 0 radical (unpaired) electrons. The average Bonchev–Trinajstić information content (AvgIpc) is 2.13.